The SMILES string of the molecule is O=C(O)CCc1nc2ccc(S(=O)(=O)N3CCOCC3)cc2[nH]1. The predicted octanol–water partition coefficient (Wildman–Crippen LogP) is 0.601. The summed E-state index contributed by atoms with van der Waals surface area (Å²) in [7, 11) is -3.56. The molecule has 0 aliphatic carbocycles. The number of carboxylic acids is 1. The smallest absolute Gasteiger partial charge is 0.303 e. The third-order valence-corrected chi connectivity index (χ3v) is 5.58. The number of sulfonamides is 1. The summed E-state index contributed by atoms with van der Waals surface area (Å²) in [5.41, 5.74) is 1.20. The van der Waals surface area contributed by atoms with Gasteiger partial charge in [-0.15, -0.1) is 0 Å². The minimum Gasteiger partial charge on any atom is -0.481 e. The number of fused-ring (bicyclic) bond motifs is 1. The lowest BCUT2D eigenvalue weighted by atomic mass is 10.3. The van der Waals surface area contributed by atoms with Crippen LogP contribution in [0.25, 0.3) is 11.0 Å². The predicted molar refractivity (Wildman–Crippen MR) is 81.6 cm³/mol. The molecule has 0 unspecified atom stereocenters. The highest BCUT2D eigenvalue weighted by molar-refractivity contribution is 7.89. The topological polar surface area (TPSA) is 113 Å². The highest BCUT2D eigenvalue weighted by atomic mass is 32.2. The lowest BCUT2D eigenvalue weighted by Gasteiger charge is -2.25. The summed E-state index contributed by atoms with van der Waals surface area (Å²) in [6, 6.07) is 4.69. The fourth-order valence-electron chi connectivity index (χ4n) is 2.48. The number of nitrogens with zero attached hydrogens (tertiary/aromatic N) is 2. The number of ether oxygens (including phenoxy) is 1. The van der Waals surface area contributed by atoms with E-state index in [-0.39, 0.29) is 17.7 Å². The molecule has 3 rings (SSSR count). The van der Waals surface area contributed by atoms with E-state index in [1.807, 2.05) is 0 Å². The number of aryl methyl sites for hydroxylation is 1. The molecule has 1 fully saturated rings. The number of carbonyl (C=O) groups is 1. The average Bonchev–Trinajstić information content (AvgIpc) is 2.95. The van der Waals surface area contributed by atoms with Crippen LogP contribution in [0, 0.1) is 0 Å². The van der Waals surface area contributed by atoms with Gasteiger partial charge in [0.2, 0.25) is 10.0 Å². The molecule has 8 nitrogen and oxygen atoms in total. The monoisotopic (exact) mass is 339 g/mol. The largest absolute Gasteiger partial charge is 0.481 e. The quantitative estimate of drug-likeness (QED) is 0.825. The van der Waals surface area contributed by atoms with Crippen LogP contribution < -0.4 is 0 Å². The number of carboxylic acid groups (broad SMARTS) is 1. The molecule has 0 saturated carbocycles. The van der Waals surface area contributed by atoms with E-state index >= 15 is 0 Å². The molecule has 1 aromatic carbocycles. The molecule has 1 saturated heterocycles. The Kier molecular flexibility index (Phi) is 4.33. The van der Waals surface area contributed by atoms with Gasteiger partial charge < -0.3 is 14.8 Å². The first kappa shape index (κ1) is 15.9. The number of hydrogen-bond acceptors (Lipinski definition) is 5. The van der Waals surface area contributed by atoms with Crippen LogP contribution in [0.5, 0.6) is 0 Å². The molecular weight excluding hydrogens is 322 g/mol. The molecule has 1 aliphatic heterocycles. The first-order chi connectivity index (χ1) is 11.0. The first-order valence-corrected chi connectivity index (χ1v) is 8.69. The molecule has 2 aromatic rings. The fourth-order valence-corrected chi connectivity index (χ4v) is 3.92. The van der Waals surface area contributed by atoms with Gasteiger partial charge >= 0.3 is 5.97 Å². The molecule has 1 aromatic heterocycles. The maximum Gasteiger partial charge on any atom is 0.303 e. The van der Waals surface area contributed by atoms with Crippen molar-refractivity contribution in [3.8, 4) is 0 Å². The van der Waals surface area contributed by atoms with Crippen LogP contribution in [0.3, 0.4) is 0 Å². The third kappa shape index (κ3) is 3.36. The third-order valence-electron chi connectivity index (χ3n) is 3.69. The van der Waals surface area contributed by atoms with Crippen LogP contribution in [0.1, 0.15) is 12.2 Å². The van der Waals surface area contributed by atoms with Crippen molar-refractivity contribution in [2.75, 3.05) is 26.3 Å². The van der Waals surface area contributed by atoms with Crippen molar-refractivity contribution in [1.29, 1.82) is 0 Å². The number of H-pyrrole nitrogens is 1. The van der Waals surface area contributed by atoms with E-state index in [9.17, 15) is 13.2 Å². The van der Waals surface area contributed by atoms with E-state index in [1.54, 1.807) is 6.07 Å². The van der Waals surface area contributed by atoms with Crippen LogP contribution in [-0.4, -0.2) is 60.1 Å². The van der Waals surface area contributed by atoms with Crippen molar-refractivity contribution < 1.29 is 23.1 Å². The van der Waals surface area contributed by atoms with Crippen molar-refractivity contribution in [3.05, 3.63) is 24.0 Å². The van der Waals surface area contributed by atoms with Crippen LogP contribution in [-0.2, 0) is 26.0 Å². The van der Waals surface area contributed by atoms with Crippen molar-refractivity contribution in [2.24, 2.45) is 0 Å². The second-order valence-corrected chi connectivity index (χ2v) is 7.21. The normalized spacial score (nSPS) is 16.7. The van der Waals surface area contributed by atoms with Crippen molar-refractivity contribution in [2.45, 2.75) is 17.7 Å². The van der Waals surface area contributed by atoms with Crippen LogP contribution in [0.15, 0.2) is 23.1 Å². The van der Waals surface area contributed by atoms with E-state index in [4.69, 9.17) is 9.84 Å². The summed E-state index contributed by atoms with van der Waals surface area (Å²) in [5, 5.41) is 8.71. The average molecular weight is 339 g/mol. The van der Waals surface area contributed by atoms with Crippen molar-refractivity contribution in [1.82, 2.24) is 14.3 Å². The molecule has 0 amide bonds. The molecule has 2 N–H and O–H groups in total. The van der Waals surface area contributed by atoms with Crippen LogP contribution in [0.2, 0.25) is 0 Å². The molecule has 1 aliphatic rings. The molecule has 0 bridgehead atoms. The number of benzene rings is 1. The number of aromatic nitrogens is 2. The van der Waals surface area contributed by atoms with E-state index in [0.717, 1.165) is 0 Å². The minimum atomic E-state index is -3.56. The van der Waals surface area contributed by atoms with Gasteiger partial charge in [0, 0.05) is 19.5 Å². The van der Waals surface area contributed by atoms with Gasteiger partial charge in [-0.2, -0.15) is 4.31 Å². The van der Waals surface area contributed by atoms with Gasteiger partial charge in [0.25, 0.3) is 0 Å². The zero-order chi connectivity index (χ0) is 16.4. The van der Waals surface area contributed by atoms with Gasteiger partial charge in [-0.05, 0) is 18.2 Å². The van der Waals surface area contributed by atoms with Gasteiger partial charge in [-0.1, -0.05) is 0 Å². The van der Waals surface area contributed by atoms with E-state index in [2.05, 4.69) is 9.97 Å². The van der Waals surface area contributed by atoms with Crippen molar-refractivity contribution >= 4 is 27.0 Å². The van der Waals surface area contributed by atoms with Gasteiger partial charge in [0.05, 0.1) is 35.6 Å². The summed E-state index contributed by atoms with van der Waals surface area (Å²) < 4.78 is 31.8. The Labute approximate surface area is 133 Å². The Hall–Kier alpha value is -1.97. The maximum atomic E-state index is 12.6. The molecule has 0 atom stereocenters. The molecule has 124 valence electrons. The Bertz CT molecular complexity index is 824. The molecule has 23 heavy (non-hydrogen) atoms. The van der Waals surface area contributed by atoms with Gasteiger partial charge in [0.1, 0.15) is 5.82 Å². The van der Waals surface area contributed by atoms with Gasteiger partial charge in [-0.25, -0.2) is 13.4 Å². The highest BCUT2D eigenvalue weighted by Gasteiger charge is 2.26. The standard InChI is InChI=1S/C14H17N3O5S/c18-14(19)4-3-13-15-11-2-1-10(9-12(11)16-13)23(20,21)17-5-7-22-8-6-17/h1-2,9H,3-8H2,(H,15,16)(H,18,19). The second-order valence-electron chi connectivity index (χ2n) is 5.27. The minimum absolute atomic E-state index is 0.0290. The molecule has 2 heterocycles. The van der Waals surface area contributed by atoms with E-state index in [1.165, 1.54) is 16.4 Å². The van der Waals surface area contributed by atoms with Gasteiger partial charge in [-0.3, -0.25) is 4.79 Å². The Morgan fingerprint density at radius 3 is 2.78 bits per heavy atom. The fraction of sp³-hybridized carbons (Fsp3) is 0.429. The van der Waals surface area contributed by atoms with Crippen molar-refractivity contribution in [3.63, 3.8) is 0 Å². The summed E-state index contributed by atoms with van der Waals surface area (Å²) >= 11 is 0. The molecule has 9 heteroatoms. The molecule has 0 spiro atoms. The summed E-state index contributed by atoms with van der Waals surface area (Å²) in [6.07, 6.45) is 0.244. The van der Waals surface area contributed by atoms with E-state index in [0.29, 0.717) is 43.2 Å². The Balaban J connectivity index is 1.88. The summed E-state index contributed by atoms with van der Waals surface area (Å²) in [6.45, 7) is 1.47. The summed E-state index contributed by atoms with van der Waals surface area (Å²) in [5.74, 6) is -0.371. The number of morpholine rings is 1. The zero-order valence-electron chi connectivity index (χ0n) is 12.4. The molecule has 0 radical (unpaired) electrons. The number of aromatic amines is 1. The van der Waals surface area contributed by atoms with Gasteiger partial charge in [0.15, 0.2) is 0 Å². The van der Waals surface area contributed by atoms with Crippen LogP contribution >= 0.6 is 0 Å². The first-order valence-electron chi connectivity index (χ1n) is 7.25. The second kappa shape index (κ2) is 6.26. The van der Waals surface area contributed by atoms with E-state index < -0.39 is 16.0 Å². The number of rotatable bonds is 5. The number of hydrogen-bond donors (Lipinski definition) is 2. The Morgan fingerprint density at radius 2 is 2.09 bits per heavy atom. The lowest BCUT2D eigenvalue weighted by molar-refractivity contribution is -0.137. The number of imidazole rings is 1. The lowest BCUT2D eigenvalue weighted by Crippen LogP contribution is -2.40. The Morgan fingerprint density at radius 1 is 1.35 bits per heavy atom. The highest BCUT2D eigenvalue weighted by Crippen LogP contribution is 2.21. The zero-order valence-corrected chi connectivity index (χ0v) is 13.2. The number of nitrogens with one attached hydrogen (secondary N) is 1. The summed E-state index contributed by atoms with van der Waals surface area (Å²) in [4.78, 5) is 18.1. The number of aliphatic carboxylic acids is 1. The maximum absolute atomic E-state index is 12.6. The van der Waals surface area contributed by atoms with Crippen LogP contribution in [0.4, 0.5) is 0 Å². The molecular formula is C14H17N3O5S.